The molecule has 0 bridgehead atoms. The van der Waals surface area contributed by atoms with Gasteiger partial charge in [-0.1, -0.05) is 0 Å². The largest absolute Gasteiger partial charge is 0.497 e. The van der Waals surface area contributed by atoms with Crippen molar-refractivity contribution in [2.75, 3.05) is 20.2 Å². The Bertz CT molecular complexity index is 753. The van der Waals surface area contributed by atoms with Gasteiger partial charge in [0.15, 0.2) is 5.60 Å². The molecular weight excluding hydrogens is 355 g/mol. The van der Waals surface area contributed by atoms with Crippen LogP contribution >= 0.6 is 11.3 Å². The average molecular weight is 378 g/mol. The lowest BCUT2D eigenvalue weighted by Gasteiger charge is -2.38. The van der Waals surface area contributed by atoms with Crippen LogP contribution in [0.15, 0.2) is 35.0 Å². The number of likely N-dealkylation sites (tertiary alicyclic amines) is 1. The molecule has 2 heterocycles. The van der Waals surface area contributed by atoms with Crippen molar-refractivity contribution in [1.29, 1.82) is 0 Å². The lowest BCUT2D eigenvalue weighted by atomic mass is 9.91. The molecule has 0 spiro atoms. The first-order valence-electron chi connectivity index (χ1n) is 8.58. The van der Waals surface area contributed by atoms with Crippen molar-refractivity contribution in [1.82, 2.24) is 10.2 Å². The van der Waals surface area contributed by atoms with Gasteiger partial charge in [0.05, 0.1) is 7.11 Å². The molecule has 0 aliphatic carbocycles. The minimum absolute atomic E-state index is 0.120. The van der Waals surface area contributed by atoms with E-state index in [0.717, 1.165) is 5.56 Å². The highest BCUT2D eigenvalue weighted by Crippen LogP contribution is 2.26. The number of aliphatic hydroxyl groups is 1. The lowest BCUT2D eigenvalue weighted by molar-refractivity contribution is -0.157. The molecule has 3 rings (SSSR count). The maximum atomic E-state index is 14.1. The van der Waals surface area contributed by atoms with Gasteiger partial charge in [-0.25, -0.2) is 4.39 Å². The number of ether oxygens (including phenoxy) is 1. The van der Waals surface area contributed by atoms with Crippen LogP contribution in [-0.4, -0.2) is 41.7 Å². The molecule has 2 aromatic rings. The number of halogens is 1. The molecule has 0 unspecified atom stereocenters. The van der Waals surface area contributed by atoms with Crippen molar-refractivity contribution in [3.63, 3.8) is 0 Å². The van der Waals surface area contributed by atoms with E-state index < -0.39 is 5.60 Å². The van der Waals surface area contributed by atoms with Gasteiger partial charge in [-0.05, 0) is 53.4 Å². The number of benzene rings is 1. The number of carbonyl (C=O) groups is 1. The van der Waals surface area contributed by atoms with Crippen LogP contribution in [0.4, 0.5) is 4.39 Å². The molecule has 0 radical (unpaired) electrons. The van der Waals surface area contributed by atoms with Crippen LogP contribution in [0.2, 0.25) is 0 Å². The van der Waals surface area contributed by atoms with Crippen LogP contribution in [-0.2, 0) is 17.9 Å². The maximum absolute atomic E-state index is 14.1. The Morgan fingerprint density at radius 2 is 2.27 bits per heavy atom. The molecule has 7 heteroatoms. The highest BCUT2D eigenvalue weighted by atomic mass is 32.1. The standard InChI is InChI=1S/C19H23FN2O3S/c1-25-16-3-4-17(20)15(9-16)11-22-7-2-6-19(24,18(22)23)13-21-10-14-5-8-26-12-14/h3-5,8-9,12,21,24H,2,6-7,10-11,13H2,1H3/t19-/m0/s1. The normalized spacial score (nSPS) is 20.4. The first-order valence-corrected chi connectivity index (χ1v) is 9.52. The Morgan fingerprint density at radius 3 is 3.00 bits per heavy atom. The molecule has 0 saturated carbocycles. The number of amides is 1. The topological polar surface area (TPSA) is 61.8 Å². The number of methoxy groups -OCH3 is 1. The molecular formula is C19H23FN2O3S. The second-order valence-electron chi connectivity index (χ2n) is 6.55. The van der Waals surface area contributed by atoms with Crippen molar-refractivity contribution >= 4 is 17.2 Å². The van der Waals surface area contributed by atoms with Crippen molar-refractivity contribution in [3.05, 3.63) is 52.0 Å². The Kier molecular flexibility index (Phi) is 5.90. The Morgan fingerprint density at radius 1 is 1.42 bits per heavy atom. The van der Waals surface area contributed by atoms with Crippen LogP contribution in [0, 0.1) is 5.82 Å². The Labute approximate surface area is 156 Å². The van der Waals surface area contributed by atoms with Crippen molar-refractivity contribution < 1.29 is 19.0 Å². The fourth-order valence-electron chi connectivity index (χ4n) is 3.19. The third-order valence-electron chi connectivity index (χ3n) is 4.64. The zero-order valence-electron chi connectivity index (χ0n) is 14.7. The molecule has 1 aromatic carbocycles. The van der Waals surface area contributed by atoms with E-state index >= 15 is 0 Å². The van der Waals surface area contributed by atoms with Gasteiger partial charge in [-0.15, -0.1) is 0 Å². The zero-order chi connectivity index (χ0) is 18.6. The number of nitrogens with one attached hydrogen (secondary N) is 1. The van der Waals surface area contributed by atoms with Gasteiger partial charge in [0.2, 0.25) is 0 Å². The Balaban J connectivity index is 1.65. The molecule has 1 amide bonds. The van der Waals surface area contributed by atoms with Gasteiger partial charge in [-0.2, -0.15) is 11.3 Å². The van der Waals surface area contributed by atoms with Crippen molar-refractivity contribution in [2.24, 2.45) is 0 Å². The van der Waals surface area contributed by atoms with E-state index in [4.69, 9.17) is 4.74 Å². The van der Waals surface area contributed by atoms with Gasteiger partial charge in [-0.3, -0.25) is 4.79 Å². The molecule has 1 aromatic heterocycles. The summed E-state index contributed by atoms with van der Waals surface area (Å²) in [5.41, 5.74) is 0.0502. The molecule has 1 fully saturated rings. The van der Waals surface area contributed by atoms with Gasteiger partial charge in [0.25, 0.3) is 5.91 Å². The summed E-state index contributed by atoms with van der Waals surface area (Å²) in [6, 6.07) is 6.46. The predicted molar refractivity (Wildman–Crippen MR) is 98.6 cm³/mol. The summed E-state index contributed by atoms with van der Waals surface area (Å²) < 4.78 is 19.2. The summed E-state index contributed by atoms with van der Waals surface area (Å²) in [6.07, 6.45) is 1.08. The van der Waals surface area contributed by atoms with Gasteiger partial charge < -0.3 is 20.1 Å². The summed E-state index contributed by atoms with van der Waals surface area (Å²) in [7, 11) is 1.51. The van der Waals surface area contributed by atoms with Crippen molar-refractivity contribution in [3.8, 4) is 5.75 Å². The molecule has 1 atom stereocenters. The third-order valence-corrected chi connectivity index (χ3v) is 5.38. The highest BCUT2D eigenvalue weighted by Gasteiger charge is 2.41. The van der Waals surface area contributed by atoms with Crippen LogP contribution in [0.5, 0.6) is 5.75 Å². The number of hydrogen-bond donors (Lipinski definition) is 2. The summed E-state index contributed by atoms with van der Waals surface area (Å²) in [4.78, 5) is 14.3. The molecule has 140 valence electrons. The Hall–Kier alpha value is -1.96. The molecule has 5 nitrogen and oxygen atoms in total. The number of carbonyl (C=O) groups excluding carboxylic acids is 1. The lowest BCUT2D eigenvalue weighted by Crippen LogP contribution is -2.57. The fraction of sp³-hybridized carbons (Fsp3) is 0.421. The molecule has 2 N–H and O–H groups in total. The minimum Gasteiger partial charge on any atom is -0.497 e. The van der Waals surface area contributed by atoms with E-state index in [1.54, 1.807) is 23.5 Å². The van der Waals surface area contributed by atoms with Gasteiger partial charge in [0, 0.05) is 31.7 Å². The maximum Gasteiger partial charge on any atom is 0.256 e. The van der Waals surface area contributed by atoms with E-state index in [2.05, 4.69) is 5.32 Å². The van der Waals surface area contributed by atoms with Crippen LogP contribution in [0.3, 0.4) is 0 Å². The van der Waals surface area contributed by atoms with Crippen molar-refractivity contribution in [2.45, 2.75) is 31.5 Å². The number of rotatable bonds is 7. The van der Waals surface area contributed by atoms with E-state index in [9.17, 15) is 14.3 Å². The first kappa shape index (κ1) is 18.8. The quantitative estimate of drug-likeness (QED) is 0.777. The van der Waals surface area contributed by atoms with Crippen LogP contribution in [0.25, 0.3) is 0 Å². The van der Waals surface area contributed by atoms with E-state index in [1.165, 1.54) is 18.1 Å². The summed E-state index contributed by atoms with van der Waals surface area (Å²) in [5, 5.41) is 18.0. The average Bonchev–Trinajstić information content (AvgIpc) is 3.14. The van der Waals surface area contributed by atoms with E-state index in [-0.39, 0.29) is 24.8 Å². The number of nitrogens with zero attached hydrogens (tertiary/aromatic N) is 1. The number of hydrogen-bond acceptors (Lipinski definition) is 5. The second-order valence-corrected chi connectivity index (χ2v) is 7.33. The molecule has 1 aliphatic rings. The van der Waals surface area contributed by atoms with E-state index in [0.29, 0.717) is 37.2 Å². The SMILES string of the molecule is COc1ccc(F)c(CN2CCC[C@](O)(CNCc3ccsc3)C2=O)c1. The summed E-state index contributed by atoms with van der Waals surface area (Å²) in [6.45, 7) is 1.40. The summed E-state index contributed by atoms with van der Waals surface area (Å²) >= 11 is 1.61. The minimum atomic E-state index is -1.45. The highest BCUT2D eigenvalue weighted by molar-refractivity contribution is 7.07. The summed E-state index contributed by atoms with van der Waals surface area (Å²) in [5.74, 6) is -0.203. The monoisotopic (exact) mass is 378 g/mol. The smallest absolute Gasteiger partial charge is 0.256 e. The number of thiophene rings is 1. The number of piperidine rings is 1. The zero-order valence-corrected chi connectivity index (χ0v) is 15.5. The van der Waals surface area contributed by atoms with E-state index in [1.807, 2.05) is 16.8 Å². The predicted octanol–water partition coefficient (Wildman–Crippen LogP) is 2.54. The van der Waals surface area contributed by atoms with Crippen LogP contribution in [0.1, 0.15) is 24.0 Å². The van der Waals surface area contributed by atoms with Gasteiger partial charge in [0.1, 0.15) is 11.6 Å². The second kappa shape index (κ2) is 8.16. The third kappa shape index (κ3) is 4.23. The van der Waals surface area contributed by atoms with Crippen LogP contribution < -0.4 is 10.1 Å². The molecule has 26 heavy (non-hydrogen) atoms. The fourth-order valence-corrected chi connectivity index (χ4v) is 3.86. The molecule has 1 saturated heterocycles. The molecule has 1 aliphatic heterocycles. The first-order chi connectivity index (χ1) is 12.5. The van der Waals surface area contributed by atoms with Gasteiger partial charge >= 0.3 is 0 Å².